The lowest BCUT2D eigenvalue weighted by molar-refractivity contribution is 0.0961. The highest BCUT2D eigenvalue weighted by molar-refractivity contribution is 5.97. The van der Waals surface area contributed by atoms with Gasteiger partial charge in [0.25, 0.3) is 0 Å². The second-order valence-electron chi connectivity index (χ2n) is 4.15. The number of carbonyl (C=O) groups is 1. The molecule has 0 aromatic heterocycles. The molecule has 0 radical (unpaired) electrons. The Morgan fingerprint density at radius 1 is 1.00 bits per heavy atom. The van der Waals surface area contributed by atoms with Crippen LogP contribution in [0.1, 0.15) is 22.3 Å². The van der Waals surface area contributed by atoms with Gasteiger partial charge in [0.05, 0.1) is 6.61 Å². The molecule has 18 heavy (non-hydrogen) atoms. The van der Waals surface area contributed by atoms with Crippen LogP contribution in [0.2, 0.25) is 0 Å². The average molecular weight is 240 g/mol. The summed E-state index contributed by atoms with van der Waals surface area (Å²) in [5.74, 6) is 0.930. The van der Waals surface area contributed by atoms with E-state index in [9.17, 15) is 4.79 Å². The zero-order valence-corrected chi connectivity index (χ0v) is 10.4. The zero-order chi connectivity index (χ0) is 12.8. The molecule has 2 aromatic rings. The first-order valence-electron chi connectivity index (χ1n) is 6.04. The summed E-state index contributed by atoms with van der Waals surface area (Å²) < 4.78 is 5.52. The lowest BCUT2D eigenvalue weighted by Gasteiger charge is -2.06. The number of benzene rings is 2. The third-order valence-corrected chi connectivity index (χ3v) is 2.79. The van der Waals surface area contributed by atoms with Crippen LogP contribution in [0.4, 0.5) is 0 Å². The number of carbonyl (C=O) groups excluding carboxylic acids is 1. The summed E-state index contributed by atoms with van der Waals surface area (Å²) in [6, 6.07) is 17.2. The van der Waals surface area contributed by atoms with Gasteiger partial charge in [0.15, 0.2) is 5.78 Å². The van der Waals surface area contributed by atoms with Gasteiger partial charge in [-0.15, -0.1) is 0 Å². The van der Waals surface area contributed by atoms with Gasteiger partial charge in [-0.1, -0.05) is 42.5 Å². The highest BCUT2D eigenvalue weighted by Crippen LogP contribution is 2.12. The van der Waals surface area contributed by atoms with Crippen LogP contribution in [0.5, 0.6) is 5.75 Å². The first-order chi connectivity index (χ1) is 8.77. The maximum Gasteiger partial charge on any atom is 0.166 e. The standard InChI is InChI=1S/C16H16O2/c1-13-7-5-6-10-15(13)16(17)11-12-18-14-8-3-2-4-9-14/h2-10H,11-12H2,1H3. The molecule has 2 aromatic carbocycles. The Bertz CT molecular complexity index is 518. The molecule has 0 saturated carbocycles. The number of hydrogen-bond acceptors (Lipinski definition) is 2. The maximum absolute atomic E-state index is 12.0. The van der Waals surface area contributed by atoms with Gasteiger partial charge >= 0.3 is 0 Å². The van der Waals surface area contributed by atoms with Gasteiger partial charge in [0, 0.05) is 12.0 Å². The largest absolute Gasteiger partial charge is 0.493 e. The van der Waals surface area contributed by atoms with E-state index >= 15 is 0 Å². The van der Waals surface area contributed by atoms with E-state index in [1.807, 2.05) is 61.5 Å². The van der Waals surface area contributed by atoms with E-state index in [2.05, 4.69) is 0 Å². The minimum Gasteiger partial charge on any atom is -0.493 e. The molecule has 0 aliphatic heterocycles. The van der Waals surface area contributed by atoms with Crippen molar-refractivity contribution in [1.29, 1.82) is 0 Å². The Kier molecular flexibility index (Phi) is 4.13. The van der Waals surface area contributed by atoms with Crippen LogP contribution in [0, 0.1) is 6.92 Å². The third kappa shape index (κ3) is 3.20. The van der Waals surface area contributed by atoms with Gasteiger partial charge in [0.1, 0.15) is 5.75 Å². The molecule has 0 saturated heterocycles. The Labute approximate surface area is 107 Å². The number of ketones is 1. The summed E-state index contributed by atoms with van der Waals surface area (Å²) in [5, 5.41) is 0. The molecule has 0 heterocycles. The molecule has 0 atom stereocenters. The van der Waals surface area contributed by atoms with Crippen molar-refractivity contribution in [2.45, 2.75) is 13.3 Å². The first-order valence-corrected chi connectivity index (χ1v) is 6.04. The van der Waals surface area contributed by atoms with Crippen LogP contribution in [0.25, 0.3) is 0 Å². The van der Waals surface area contributed by atoms with Crippen molar-refractivity contribution in [2.24, 2.45) is 0 Å². The van der Waals surface area contributed by atoms with Crippen molar-refractivity contribution in [2.75, 3.05) is 6.61 Å². The average Bonchev–Trinajstić information content (AvgIpc) is 2.40. The summed E-state index contributed by atoms with van der Waals surface area (Å²) in [6.45, 7) is 2.36. The van der Waals surface area contributed by atoms with Crippen molar-refractivity contribution >= 4 is 5.78 Å². The molecular weight excluding hydrogens is 224 g/mol. The van der Waals surface area contributed by atoms with E-state index in [1.54, 1.807) is 0 Å². The molecule has 0 spiro atoms. The monoisotopic (exact) mass is 240 g/mol. The van der Waals surface area contributed by atoms with Crippen molar-refractivity contribution in [3.63, 3.8) is 0 Å². The number of aryl methyl sites for hydroxylation is 1. The van der Waals surface area contributed by atoms with E-state index < -0.39 is 0 Å². The Hall–Kier alpha value is -2.09. The predicted octanol–water partition coefficient (Wildman–Crippen LogP) is 3.65. The maximum atomic E-state index is 12.0. The molecule has 2 rings (SSSR count). The fourth-order valence-electron chi connectivity index (χ4n) is 1.80. The van der Waals surface area contributed by atoms with Crippen molar-refractivity contribution in [1.82, 2.24) is 0 Å². The molecule has 0 aliphatic carbocycles. The second kappa shape index (κ2) is 6.01. The van der Waals surface area contributed by atoms with Crippen LogP contribution in [-0.2, 0) is 0 Å². The quantitative estimate of drug-likeness (QED) is 0.746. The van der Waals surface area contributed by atoms with Gasteiger partial charge in [-0.3, -0.25) is 4.79 Å². The lowest BCUT2D eigenvalue weighted by Crippen LogP contribution is -2.07. The summed E-state index contributed by atoms with van der Waals surface area (Å²) in [6.07, 6.45) is 0.403. The Morgan fingerprint density at radius 2 is 1.67 bits per heavy atom. The third-order valence-electron chi connectivity index (χ3n) is 2.79. The number of ether oxygens (including phenoxy) is 1. The predicted molar refractivity (Wildman–Crippen MR) is 72.1 cm³/mol. The highest BCUT2D eigenvalue weighted by atomic mass is 16.5. The van der Waals surface area contributed by atoms with E-state index in [1.165, 1.54) is 0 Å². The topological polar surface area (TPSA) is 26.3 Å². The smallest absolute Gasteiger partial charge is 0.166 e. The molecule has 2 nitrogen and oxygen atoms in total. The van der Waals surface area contributed by atoms with E-state index in [0.29, 0.717) is 13.0 Å². The van der Waals surface area contributed by atoms with Crippen LogP contribution < -0.4 is 4.74 Å². The SMILES string of the molecule is Cc1ccccc1C(=O)CCOc1ccccc1. The summed E-state index contributed by atoms with van der Waals surface area (Å²) >= 11 is 0. The first kappa shape index (κ1) is 12.4. The molecule has 0 fully saturated rings. The highest BCUT2D eigenvalue weighted by Gasteiger charge is 2.08. The molecule has 0 bridgehead atoms. The number of rotatable bonds is 5. The van der Waals surface area contributed by atoms with Crippen LogP contribution in [0.3, 0.4) is 0 Å². The van der Waals surface area contributed by atoms with E-state index in [4.69, 9.17) is 4.74 Å². The fraction of sp³-hybridized carbons (Fsp3) is 0.188. The van der Waals surface area contributed by atoms with Crippen LogP contribution in [-0.4, -0.2) is 12.4 Å². The second-order valence-corrected chi connectivity index (χ2v) is 4.15. The molecule has 0 N–H and O–H groups in total. The molecular formula is C16H16O2. The molecule has 2 heteroatoms. The van der Waals surface area contributed by atoms with Crippen molar-refractivity contribution in [3.05, 3.63) is 65.7 Å². The lowest BCUT2D eigenvalue weighted by atomic mass is 10.0. The Morgan fingerprint density at radius 3 is 2.39 bits per heavy atom. The van der Waals surface area contributed by atoms with E-state index in [0.717, 1.165) is 16.9 Å². The summed E-state index contributed by atoms with van der Waals surface area (Å²) in [7, 11) is 0. The normalized spacial score (nSPS) is 10.1. The molecule has 0 aliphatic rings. The van der Waals surface area contributed by atoms with Gasteiger partial charge in [0.2, 0.25) is 0 Å². The summed E-state index contributed by atoms with van der Waals surface area (Å²) in [4.78, 5) is 12.0. The number of hydrogen-bond donors (Lipinski definition) is 0. The van der Waals surface area contributed by atoms with Crippen LogP contribution >= 0.6 is 0 Å². The van der Waals surface area contributed by atoms with Crippen molar-refractivity contribution in [3.8, 4) is 5.75 Å². The molecule has 0 amide bonds. The Balaban J connectivity index is 1.88. The van der Waals surface area contributed by atoms with E-state index in [-0.39, 0.29) is 5.78 Å². The minimum absolute atomic E-state index is 0.129. The number of para-hydroxylation sites is 1. The summed E-state index contributed by atoms with van der Waals surface area (Å²) in [5.41, 5.74) is 1.80. The minimum atomic E-state index is 0.129. The molecule has 92 valence electrons. The van der Waals surface area contributed by atoms with Crippen molar-refractivity contribution < 1.29 is 9.53 Å². The van der Waals surface area contributed by atoms with Gasteiger partial charge in [-0.2, -0.15) is 0 Å². The van der Waals surface area contributed by atoms with Gasteiger partial charge in [-0.05, 0) is 24.6 Å². The van der Waals surface area contributed by atoms with Crippen LogP contribution in [0.15, 0.2) is 54.6 Å². The number of Topliss-reactive ketones (excluding diaryl/α,β-unsaturated/α-hetero) is 1. The zero-order valence-electron chi connectivity index (χ0n) is 10.4. The molecule has 0 unspecified atom stereocenters. The van der Waals surface area contributed by atoms with Gasteiger partial charge < -0.3 is 4.74 Å². The fourth-order valence-corrected chi connectivity index (χ4v) is 1.80. The van der Waals surface area contributed by atoms with Gasteiger partial charge in [-0.25, -0.2) is 0 Å².